The summed E-state index contributed by atoms with van der Waals surface area (Å²) in [5.74, 6) is -0.432. The fourth-order valence-corrected chi connectivity index (χ4v) is 5.80. The second-order valence-electron chi connectivity index (χ2n) is 9.00. The number of hydrogen-bond donors (Lipinski definition) is 2. The first-order valence-corrected chi connectivity index (χ1v) is 11.3. The number of hydrogen-bond acceptors (Lipinski definition) is 5. The van der Waals surface area contributed by atoms with E-state index in [1.165, 1.54) is 0 Å². The van der Waals surface area contributed by atoms with Crippen molar-refractivity contribution < 1.29 is 19.1 Å². The summed E-state index contributed by atoms with van der Waals surface area (Å²) >= 11 is 6.97. The number of β-lactam (4-membered cyclic amide) rings is 1. The van der Waals surface area contributed by atoms with Crippen molar-refractivity contribution in [2.75, 3.05) is 19.6 Å². The molecule has 2 aliphatic rings. The molecule has 2 heterocycles. The number of hydroxylamine groups is 3. The second-order valence-corrected chi connectivity index (χ2v) is 11.2. The molecule has 28 heavy (non-hydrogen) atoms. The van der Waals surface area contributed by atoms with Crippen LogP contribution in [0, 0.1) is 0 Å². The summed E-state index contributed by atoms with van der Waals surface area (Å²) in [4.78, 5) is 33.6. The van der Waals surface area contributed by atoms with E-state index in [0.29, 0.717) is 24.7 Å². The van der Waals surface area contributed by atoms with Crippen molar-refractivity contribution in [1.29, 1.82) is 0 Å². The first kappa shape index (κ1) is 23.2. The number of thioether (sulfide) groups is 1. The van der Waals surface area contributed by atoms with Gasteiger partial charge in [-0.2, -0.15) is 0 Å². The van der Waals surface area contributed by atoms with Gasteiger partial charge in [-0.15, -0.1) is 16.4 Å². The third-order valence-corrected chi connectivity index (χ3v) is 7.24. The predicted octanol–water partition coefficient (Wildman–Crippen LogP) is 2.01. The summed E-state index contributed by atoms with van der Waals surface area (Å²) in [5.41, 5.74) is -0.188. The molecule has 0 unspecified atom stereocenters. The van der Waals surface area contributed by atoms with Crippen molar-refractivity contribution in [3.8, 4) is 0 Å². The molecule has 0 spiro atoms. The van der Waals surface area contributed by atoms with Crippen LogP contribution in [0.5, 0.6) is 0 Å². The normalized spacial score (nSPS) is 26.4. The largest absolute Gasteiger partial charge is 0.390 e. The quantitative estimate of drug-likeness (QED) is 0.289. The molecular formula is C19H35N4O3S2+. The van der Waals surface area contributed by atoms with Gasteiger partial charge in [-0.25, -0.2) is 4.79 Å². The number of amides is 1. The van der Waals surface area contributed by atoms with E-state index in [9.17, 15) is 9.59 Å². The number of carbonyl (C=O) groups excluding carboxylic acids is 2. The Balaban J connectivity index is 2.13. The number of nitrogens with zero attached hydrogens (tertiary/aromatic N) is 2. The van der Waals surface area contributed by atoms with Crippen LogP contribution in [0.25, 0.3) is 0 Å². The molecule has 0 aromatic heterocycles. The average Bonchev–Trinajstić information content (AvgIpc) is 2.84. The monoisotopic (exact) mass is 431 g/mol. The molecule has 2 saturated heterocycles. The minimum absolute atomic E-state index is 0.106. The standard InChI is InChI=1S/C19H34N4O3S2/c1-9-23(10-2,11-3)26-16(25)13-19(7,8)28-15-12(14(24)22(13)15)20-17(27)21-18(4,5)6/h12-13,15H,9-11H2,1-8H3,(H-,20,21,27)/p+1/t12-,13+,15-/m1/s1. The highest BCUT2D eigenvalue weighted by Gasteiger charge is 2.65. The predicted molar refractivity (Wildman–Crippen MR) is 116 cm³/mol. The lowest BCUT2D eigenvalue weighted by Crippen LogP contribution is -2.72. The van der Waals surface area contributed by atoms with Crippen molar-refractivity contribution in [3.05, 3.63) is 0 Å². The van der Waals surface area contributed by atoms with Gasteiger partial charge in [-0.1, -0.05) is 0 Å². The first-order chi connectivity index (χ1) is 12.8. The van der Waals surface area contributed by atoms with Crippen LogP contribution in [0.2, 0.25) is 0 Å². The fourth-order valence-electron chi connectivity index (χ4n) is 3.75. The number of fused-ring (bicyclic) bond motifs is 1. The fraction of sp³-hybridized carbons (Fsp3) is 0.842. The summed E-state index contributed by atoms with van der Waals surface area (Å²) in [6.45, 7) is 18.2. The smallest absolute Gasteiger partial charge is 0.358 e. The van der Waals surface area contributed by atoms with E-state index in [-0.39, 0.29) is 27.4 Å². The zero-order valence-electron chi connectivity index (χ0n) is 18.3. The molecule has 0 aromatic rings. The molecule has 2 N–H and O–H groups in total. The van der Waals surface area contributed by atoms with E-state index in [2.05, 4.69) is 10.6 Å². The summed E-state index contributed by atoms with van der Waals surface area (Å²) in [7, 11) is 0. The summed E-state index contributed by atoms with van der Waals surface area (Å²) in [6.07, 6.45) is 0. The lowest BCUT2D eigenvalue weighted by molar-refractivity contribution is -1.09. The van der Waals surface area contributed by atoms with E-state index in [1.807, 2.05) is 55.4 Å². The van der Waals surface area contributed by atoms with Crippen LogP contribution < -0.4 is 10.6 Å². The molecule has 0 saturated carbocycles. The SMILES string of the molecule is CC[N+](CC)(CC)OC(=O)[C@@H]1N2C(=O)[C@@H](NC(=S)NC(C)(C)C)[C@H]2SC1(C)C. The highest BCUT2D eigenvalue weighted by Crippen LogP contribution is 2.51. The Morgan fingerprint density at radius 1 is 1.25 bits per heavy atom. The zero-order valence-corrected chi connectivity index (χ0v) is 19.9. The lowest BCUT2D eigenvalue weighted by Gasteiger charge is -2.45. The van der Waals surface area contributed by atoms with Crippen LogP contribution in [-0.4, -0.2) is 73.9 Å². The molecule has 0 bridgehead atoms. The van der Waals surface area contributed by atoms with Crippen molar-refractivity contribution in [2.24, 2.45) is 0 Å². The molecule has 2 aliphatic heterocycles. The number of thiocarbonyl (C=S) groups is 1. The van der Waals surface area contributed by atoms with Crippen LogP contribution >= 0.6 is 24.0 Å². The maximum absolute atomic E-state index is 13.1. The Bertz CT molecular complexity index is 635. The van der Waals surface area contributed by atoms with Crippen molar-refractivity contribution in [3.63, 3.8) is 0 Å². The minimum Gasteiger partial charge on any atom is -0.358 e. The summed E-state index contributed by atoms with van der Waals surface area (Å²) in [5, 5.41) is 6.62. The summed E-state index contributed by atoms with van der Waals surface area (Å²) in [6, 6.07) is -1.02. The Kier molecular flexibility index (Phi) is 6.63. The van der Waals surface area contributed by atoms with E-state index >= 15 is 0 Å². The van der Waals surface area contributed by atoms with Gasteiger partial charge in [0.05, 0.1) is 0 Å². The Morgan fingerprint density at radius 3 is 2.25 bits per heavy atom. The average molecular weight is 432 g/mol. The van der Waals surface area contributed by atoms with Crippen LogP contribution in [0.4, 0.5) is 0 Å². The molecule has 9 heteroatoms. The molecule has 7 nitrogen and oxygen atoms in total. The topological polar surface area (TPSA) is 70.7 Å². The lowest BCUT2D eigenvalue weighted by atomic mass is 9.96. The zero-order chi connectivity index (χ0) is 21.5. The van der Waals surface area contributed by atoms with E-state index < -0.39 is 16.8 Å². The molecular weight excluding hydrogens is 396 g/mol. The van der Waals surface area contributed by atoms with Gasteiger partial charge in [0.15, 0.2) is 11.2 Å². The van der Waals surface area contributed by atoms with Crippen molar-refractivity contribution in [2.45, 2.75) is 83.1 Å². The van der Waals surface area contributed by atoms with Crippen molar-refractivity contribution in [1.82, 2.24) is 15.5 Å². The molecule has 160 valence electrons. The highest BCUT2D eigenvalue weighted by atomic mass is 32.2. The molecule has 2 rings (SSSR count). The first-order valence-electron chi connectivity index (χ1n) is 9.99. The van der Waals surface area contributed by atoms with Crippen LogP contribution in [0.15, 0.2) is 0 Å². The van der Waals surface area contributed by atoms with E-state index in [0.717, 1.165) is 0 Å². The summed E-state index contributed by atoms with van der Waals surface area (Å²) < 4.78 is -0.165. The maximum Gasteiger partial charge on any atom is 0.390 e. The van der Waals surface area contributed by atoms with Crippen LogP contribution in [0.1, 0.15) is 55.4 Å². The third-order valence-electron chi connectivity index (χ3n) is 5.45. The van der Waals surface area contributed by atoms with Gasteiger partial charge in [-0.3, -0.25) is 9.63 Å². The van der Waals surface area contributed by atoms with Crippen molar-refractivity contribution >= 4 is 41.0 Å². The molecule has 0 aromatic carbocycles. The Morgan fingerprint density at radius 2 is 1.79 bits per heavy atom. The minimum atomic E-state index is -0.598. The van der Waals surface area contributed by atoms with Gasteiger partial charge in [0.1, 0.15) is 31.0 Å². The molecule has 3 atom stereocenters. The number of quaternary nitrogens is 1. The van der Waals surface area contributed by atoms with Gasteiger partial charge in [0.25, 0.3) is 0 Å². The molecule has 0 radical (unpaired) electrons. The van der Waals surface area contributed by atoms with Gasteiger partial charge >= 0.3 is 5.97 Å². The highest BCUT2D eigenvalue weighted by molar-refractivity contribution is 8.01. The van der Waals surface area contributed by atoms with Crippen LogP contribution in [0.3, 0.4) is 0 Å². The molecule has 0 aliphatic carbocycles. The number of rotatable bonds is 6. The Hall–Kier alpha value is -1.06. The third kappa shape index (κ3) is 4.41. The van der Waals surface area contributed by atoms with Gasteiger partial charge in [0, 0.05) is 10.3 Å². The van der Waals surface area contributed by atoms with E-state index in [1.54, 1.807) is 16.7 Å². The maximum atomic E-state index is 13.1. The van der Waals surface area contributed by atoms with Crippen LogP contribution in [-0.2, 0) is 14.4 Å². The van der Waals surface area contributed by atoms with Gasteiger partial charge in [-0.05, 0) is 67.6 Å². The Labute approximate surface area is 178 Å². The molecule has 1 amide bonds. The van der Waals surface area contributed by atoms with Gasteiger partial charge in [0.2, 0.25) is 5.91 Å². The van der Waals surface area contributed by atoms with E-state index in [4.69, 9.17) is 17.1 Å². The molecule has 2 fully saturated rings. The number of carbonyl (C=O) groups is 2. The van der Waals surface area contributed by atoms with Gasteiger partial charge < -0.3 is 15.5 Å². The second kappa shape index (κ2) is 7.99. The number of nitrogens with one attached hydrogen (secondary N) is 2.